The molecule has 1 aromatic carbocycles. The number of benzene rings is 1. The molecule has 15 heavy (non-hydrogen) atoms. The molecule has 0 N–H and O–H groups in total. The lowest BCUT2D eigenvalue weighted by molar-refractivity contribution is 0.797. The quantitative estimate of drug-likeness (QED) is 0.730. The van der Waals surface area contributed by atoms with Crippen LogP contribution in [0.15, 0.2) is 49.1 Å². The van der Waals surface area contributed by atoms with Crippen molar-refractivity contribution in [3.05, 3.63) is 54.6 Å². The van der Waals surface area contributed by atoms with Crippen LogP contribution in [0, 0.1) is 0 Å². The molecule has 0 fully saturated rings. The van der Waals surface area contributed by atoms with E-state index >= 15 is 0 Å². The molecule has 2 heteroatoms. The summed E-state index contributed by atoms with van der Waals surface area (Å²) in [5.74, 6) is 0. The van der Waals surface area contributed by atoms with E-state index in [1.807, 2.05) is 30.7 Å². The highest BCUT2D eigenvalue weighted by molar-refractivity contribution is 5.14. The van der Waals surface area contributed by atoms with E-state index in [0.717, 1.165) is 6.54 Å². The Kier molecular flexibility index (Phi) is 5.23. The SMILES string of the molecule is CCC.c1ccc(Cn2ccnc2)cc1. The first-order valence-electron chi connectivity index (χ1n) is 5.36. The van der Waals surface area contributed by atoms with E-state index in [4.69, 9.17) is 0 Å². The van der Waals surface area contributed by atoms with Crippen LogP contribution in [0.1, 0.15) is 25.8 Å². The minimum absolute atomic E-state index is 0.904. The summed E-state index contributed by atoms with van der Waals surface area (Å²) in [5.41, 5.74) is 1.30. The fraction of sp³-hybridized carbons (Fsp3) is 0.308. The van der Waals surface area contributed by atoms with Crippen molar-refractivity contribution in [1.82, 2.24) is 9.55 Å². The van der Waals surface area contributed by atoms with Crippen molar-refractivity contribution >= 4 is 0 Å². The maximum atomic E-state index is 3.98. The van der Waals surface area contributed by atoms with Crippen LogP contribution < -0.4 is 0 Å². The molecule has 0 amide bonds. The molecular formula is C13H18N2. The largest absolute Gasteiger partial charge is 0.333 e. The van der Waals surface area contributed by atoms with Crippen LogP contribution in [0.4, 0.5) is 0 Å². The second kappa shape index (κ2) is 6.82. The second-order valence-corrected chi connectivity index (χ2v) is 3.43. The number of aromatic nitrogens is 2. The Labute approximate surface area is 91.6 Å². The van der Waals surface area contributed by atoms with Gasteiger partial charge in [-0.1, -0.05) is 50.6 Å². The molecule has 0 aliphatic heterocycles. The highest BCUT2D eigenvalue weighted by Gasteiger charge is 1.91. The lowest BCUT2D eigenvalue weighted by atomic mass is 10.2. The summed E-state index contributed by atoms with van der Waals surface area (Å²) in [4.78, 5) is 3.98. The van der Waals surface area contributed by atoms with Gasteiger partial charge in [0.2, 0.25) is 0 Å². The summed E-state index contributed by atoms with van der Waals surface area (Å²) in [5, 5.41) is 0. The van der Waals surface area contributed by atoms with Gasteiger partial charge in [0.15, 0.2) is 0 Å². The molecule has 0 aliphatic rings. The Balaban J connectivity index is 0.000000337. The van der Waals surface area contributed by atoms with Crippen molar-refractivity contribution in [1.29, 1.82) is 0 Å². The first kappa shape index (κ1) is 11.5. The van der Waals surface area contributed by atoms with Crippen molar-refractivity contribution in [2.45, 2.75) is 26.8 Å². The molecule has 2 rings (SSSR count). The second-order valence-electron chi connectivity index (χ2n) is 3.43. The van der Waals surface area contributed by atoms with E-state index in [0.29, 0.717) is 0 Å². The molecule has 1 aromatic heterocycles. The van der Waals surface area contributed by atoms with Crippen LogP contribution in [0.5, 0.6) is 0 Å². The molecule has 0 unspecified atom stereocenters. The first-order chi connectivity index (χ1) is 7.36. The van der Waals surface area contributed by atoms with Gasteiger partial charge in [-0.05, 0) is 5.56 Å². The zero-order valence-corrected chi connectivity index (χ0v) is 9.43. The van der Waals surface area contributed by atoms with Crippen molar-refractivity contribution in [3.63, 3.8) is 0 Å². The molecule has 0 saturated heterocycles. The third-order valence-electron chi connectivity index (χ3n) is 1.77. The lowest BCUT2D eigenvalue weighted by Crippen LogP contribution is -1.95. The molecule has 0 atom stereocenters. The van der Waals surface area contributed by atoms with Gasteiger partial charge < -0.3 is 4.57 Å². The number of rotatable bonds is 2. The summed E-state index contributed by atoms with van der Waals surface area (Å²) in [6.45, 7) is 5.15. The van der Waals surface area contributed by atoms with Gasteiger partial charge in [0.25, 0.3) is 0 Å². The van der Waals surface area contributed by atoms with Gasteiger partial charge >= 0.3 is 0 Å². The van der Waals surface area contributed by atoms with E-state index in [2.05, 4.69) is 35.5 Å². The smallest absolute Gasteiger partial charge is 0.0949 e. The third kappa shape index (κ3) is 4.45. The van der Waals surface area contributed by atoms with E-state index in [-0.39, 0.29) is 0 Å². The van der Waals surface area contributed by atoms with Crippen LogP contribution in [0.2, 0.25) is 0 Å². The monoisotopic (exact) mass is 202 g/mol. The number of hydrogen-bond donors (Lipinski definition) is 0. The van der Waals surface area contributed by atoms with Gasteiger partial charge in [0, 0.05) is 18.9 Å². The Morgan fingerprint density at radius 2 is 1.80 bits per heavy atom. The summed E-state index contributed by atoms with van der Waals surface area (Å²) in [6.07, 6.45) is 6.84. The molecular weight excluding hydrogens is 184 g/mol. The van der Waals surface area contributed by atoms with E-state index in [1.54, 1.807) is 6.20 Å². The Morgan fingerprint density at radius 1 is 1.13 bits per heavy atom. The summed E-state index contributed by atoms with van der Waals surface area (Å²) in [6, 6.07) is 10.3. The van der Waals surface area contributed by atoms with Gasteiger partial charge in [-0.2, -0.15) is 0 Å². The molecule has 0 saturated carbocycles. The fourth-order valence-electron chi connectivity index (χ4n) is 1.17. The summed E-state index contributed by atoms with van der Waals surface area (Å²) < 4.78 is 2.05. The Hall–Kier alpha value is -1.57. The van der Waals surface area contributed by atoms with E-state index < -0.39 is 0 Å². The Morgan fingerprint density at radius 3 is 2.33 bits per heavy atom. The van der Waals surface area contributed by atoms with Gasteiger partial charge in [-0.25, -0.2) is 4.98 Å². The molecule has 2 nitrogen and oxygen atoms in total. The van der Waals surface area contributed by atoms with Crippen molar-refractivity contribution in [2.24, 2.45) is 0 Å². The van der Waals surface area contributed by atoms with Crippen LogP contribution >= 0.6 is 0 Å². The topological polar surface area (TPSA) is 17.8 Å². The minimum atomic E-state index is 0.904. The zero-order valence-electron chi connectivity index (χ0n) is 9.43. The number of nitrogens with zero attached hydrogens (tertiary/aromatic N) is 2. The van der Waals surface area contributed by atoms with E-state index in [1.165, 1.54) is 12.0 Å². The summed E-state index contributed by atoms with van der Waals surface area (Å²) >= 11 is 0. The van der Waals surface area contributed by atoms with Gasteiger partial charge in [0.05, 0.1) is 6.33 Å². The highest BCUT2D eigenvalue weighted by atomic mass is 15.0. The average Bonchev–Trinajstić information content (AvgIpc) is 2.73. The number of hydrogen-bond acceptors (Lipinski definition) is 1. The van der Waals surface area contributed by atoms with Gasteiger partial charge in [0.1, 0.15) is 0 Å². The normalized spacial score (nSPS) is 9.20. The number of imidazole rings is 1. The maximum Gasteiger partial charge on any atom is 0.0949 e. The molecule has 1 heterocycles. The highest BCUT2D eigenvalue weighted by Crippen LogP contribution is 2.00. The van der Waals surface area contributed by atoms with Crippen molar-refractivity contribution < 1.29 is 0 Å². The van der Waals surface area contributed by atoms with E-state index in [9.17, 15) is 0 Å². The average molecular weight is 202 g/mol. The van der Waals surface area contributed by atoms with Crippen LogP contribution in [0.25, 0.3) is 0 Å². The lowest BCUT2D eigenvalue weighted by Gasteiger charge is -2.00. The third-order valence-corrected chi connectivity index (χ3v) is 1.77. The van der Waals surface area contributed by atoms with Crippen LogP contribution in [-0.2, 0) is 6.54 Å². The molecule has 0 aliphatic carbocycles. The standard InChI is InChI=1S/C10H10N2.C3H8/c1-2-4-10(5-3-1)8-12-7-6-11-9-12;1-3-2/h1-7,9H,8H2;3H2,1-2H3. The fourth-order valence-corrected chi connectivity index (χ4v) is 1.17. The first-order valence-corrected chi connectivity index (χ1v) is 5.36. The Bertz CT molecular complexity index is 338. The van der Waals surface area contributed by atoms with Gasteiger partial charge in [-0.3, -0.25) is 0 Å². The molecule has 0 spiro atoms. The predicted octanol–water partition coefficient (Wildman–Crippen LogP) is 3.35. The summed E-state index contributed by atoms with van der Waals surface area (Å²) in [7, 11) is 0. The minimum Gasteiger partial charge on any atom is -0.333 e. The molecule has 0 bridgehead atoms. The van der Waals surface area contributed by atoms with Crippen molar-refractivity contribution in [2.75, 3.05) is 0 Å². The molecule has 2 aromatic rings. The van der Waals surface area contributed by atoms with Crippen LogP contribution in [0.3, 0.4) is 0 Å². The van der Waals surface area contributed by atoms with Crippen molar-refractivity contribution in [3.8, 4) is 0 Å². The van der Waals surface area contributed by atoms with Gasteiger partial charge in [-0.15, -0.1) is 0 Å². The molecule has 80 valence electrons. The predicted molar refractivity (Wildman–Crippen MR) is 63.7 cm³/mol. The zero-order chi connectivity index (χ0) is 10.9. The maximum absolute atomic E-state index is 3.98. The van der Waals surface area contributed by atoms with Crippen LogP contribution in [-0.4, -0.2) is 9.55 Å². The molecule has 0 radical (unpaired) electrons.